The van der Waals surface area contributed by atoms with Crippen LogP contribution < -0.4 is 0 Å². The van der Waals surface area contributed by atoms with E-state index >= 15 is 0 Å². The maximum atomic E-state index is 11.8. The molecule has 28 heavy (non-hydrogen) atoms. The molecular weight excluding hydrogens is 374 g/mol. The fourth-order valence-corrected chi connectivity index (χ4v) is 4.77. The normalized spacial score (nSPS) is 17.5. The molecule has 2 aromatic rings. The molecule has 0 spiro atoms. The molecule has 0 saturated carbocycles. The lowest BCUT2D eigenvalue weighted by Gasteiger charge is -2.36. The summed E-state index contributed by atoms with van der Waals surface area (Å²) in [6.07, 6.45) is 2.69. The number of thioether (sulfide) groups is 1. The molecule has 1 aliphatic rings. The van der Waals surface area contributed by atoms with Crippen molar-refractivity contribution in [1.82, 2.24) is 4.98 Å². The van der Waals surface area contributed by atoms with Crippen LogP contribution in [0, 0.1) is 0 Å². The number of esters is 2. The number of carbonyl (C=O) groups is 2. The van der Waals surface area contributed by atoms with Crippen molar-refractivity contribution in [3.63, 3.8) is 0 Å². The first kappa shape index (κ1) is 20.4. The number of fused-ring (bicyclic) bond motifs is 1. The van der Waals surface area contributed by atoms with E-state index in [9.17, 15) is 9.59 Å². The molecule has 0 aliphatic carbocycles. The second-order valence-electron chi connectivity index (χ2n) is 7.34. The highest BCUT2D eigenvalue weighted by atomic mass is 32.2. The minimum Gasteiger partial charge on any atom is -0.462 e. The van der Waals surface area contributed by atoms with Crippen LogP contribution in [-0.2, 0) is 19.7 Å². The van der Waals surface area contributed by atoms with Crippen molar-refractivity contribution >= 4 is 23.7 Å². The number of benzene rings is 1. The van der Waals surface area contributed by atoms with E-state index in [-0.39, 0.29) is 22.8 Å². The molecule has 0 amide bonds. The quantitative estimate of drug-likeness (QED) is 0.661. The van der Waals surface area contributed by atoms with Crippen molar-refractivity contribution < 1.29 is 19.1 Å². The van der Waals surface area contributed by atoms with Gasteiger partial charge in [-0.1, -0.05) is 38.6 Å². The van der Waals surface area contributed by atoms with Gasteiger partial charge in [-0.2, -0.15) is 0 Å². The van der Waals surface area contributed by atoms with Crippen LogP contribution in [0.2, 0.25) is 0 Å². The van der Waals surface area contributed by atoms with Crippen LogP contribution in [0.3, 0.4) is 0 Å². The average molecular weight is 400 g/mol. The van der Waals surface area contributed by atoms with Crippen molar-refractivity contribution in [2.24, 2.45) is 0 Å². The van der Waals surface area contributed by atoms with Crippen LogP contribution in [0.25, 0.3) is 11.3 Å². The highest BCUT2D eigenvalue weighted by molar-refractivity contribution is 7.99. The molecule has 0 bridgehead atoms. The summed E-state index contributed by atoms with van der Waals surface area (Å²) >= 11 is 1.59. The Labute approximate surface area is 169 Å². The Morgan fingerprint density at radius 1 is 1.21 bits per heavy atom. The highest BCUT2D eigenvalue weighted by Crippen LogP contribution is 2.46. The van der Waals surface area contributed by atoms with E-state index < -0.39 is 0 Å². The Morgan fingerprint density at radius 3 is 2.64 bits per heavy atom. The van der Waals surface area contributed by atoms with Crippen LogP contribution in [0.5, 0.6) is 0 Å². The van der Waals surface area contributed by atoms with Gasteiger partial charge in [0.1, 0.15) is 0 Å². The summed E-state index contributed by atoms with van der Waals surface area (Å²) < 4.78 is 10.6. The average Bonchev–Trinajstić information content (AvgIpc) is 2.67. The van der Waals surface area contributed by atoms with Gasteiger partial charge in [0.25, 0.3) is 0 Å². The summed E-state index contributed by atoms with van der Waals surface area (Å²) in [4.78, 5) is 29.0. The smallest absolute Gasteiger partial charge is 0.339 e. The van der Waals surface area contributed by atoms with Crippen molar-refractivity contribution in [3.05, 3.63) is 47.7 Å². The van der Waals surface area contributed by atoms with E-state index in [2.05, 4.69) is 31.0 Å². The van der Waals surface area contributed by atoms with E-state index in [1.807, 2.05) is 12.1 Å². The van der Waals surface area contributed by atoms with Gasteiger partial charge < -0.3 is 9.47 Å². The lowest BCUT2D eigenvalue weighted by molar-refractivity contribution is -0.145. The zero-order valence-electron chi connectivity index (χ0n) is 16.7. The van der Waals surface area contributed by atoms with Crippen LogP contribution in [0.1, 0.15) is 56.5 Å². The summed E-state index contributed by atoms with van der Waals surface area (Å²) in [5, 5.41) is 0. The molecule has 1 atom stereocenters. The largest absolute Gasteiger partial charge is 0.462 e. The van der Waals surface area contributed by atoms with Gasteiger partial charge in [0.15, 0.2) is 5.44 Å². The van der Waals surface area contributed by atoms with Crippen LogP contribution in [-0.4, -0.2) is 29.0 Å². The minimum absolute atomic E-state index is 0.125. The Morgan fingerprint density at radius 2 is 2.00 bits per heavy atom. The van der Waals surface area contributed by atoms with E-state index in [0.717, 1.165) is 22.6 Å². The summed E-state index contributed by atoms with van der Waals surface area (Å²) in [7, 11) is 0. The number of hydrogen-bond donors (Lipinski definition) is 0. The predicted octanol–water partition coefficient (Wildman–Crippen LogP) is 4.98. The first-order chi connectivity index (χ1) is 13.3. The number of nitrogens with zero attached hydrogens (tertiary/aromatic N) is 1. The van der Waals surface area contributed by atoms with Gasteiger partial charge >= 0.3 is 11.9 Å². The molecule has 0 radical (unpaired) electrons. The maximum Gasteiger partial charge on any atom is 0.339 e. The molecule has 0 fully saturated rings. The van der Waals surface area contributed by atoms with Crippen LogP contribution in [0.15, 0.2) is 41.4 Å². The molecule has 148 valence electrons. The van der Waals surface area contributed by atoms with Crippen molar-refractivity contribution in [2.75, 3.05) is 6.61 Å². The number of pyridine rings is 1. The molecule has 6 heteroatoms. The molecule has 0 saturated heterocycles. The molecule has 0 N–H and O–H groups in total. The lowest BCUT2D eigenvalue weighted by atomic mass is 9.80. The standard InChI is InChI=1S/C22H25NO4S/c1-5-19(24)27-20-12-22(3,4)16-11-14(8-10-18(16)28-20)17-9-7-15(13-23-17)21(25)26-6-2/h7-11,13,20H,5-6,12H2,1-4H3. The minimum atomic E-state index is -0.364. The fraction of sp³-hybridized carbons (Fsp3) is 0.409. The zero-order valence-corrected chi connectivity index (χ0v) is 17.5. The predicted molar refractivity (Wildman–Crippen MR) is 109 cm³/mol. The van der Waals surface area contributed by atoms with E-state index in [1.54, 1.807) is 37.9 Å². The van der Waals surface area contributed by atoms with E-state index in [1.165, 1.54) is 5.56 Å². The van der Waals surface area contributed by atoms with Gasteiger partial charge in [0, 0.05) is 29.5 Å². The molecule has 3 rings (SSSR count). The van der Waals surface area contributed by atoms with Crippen molar-refractivity contribution in [2.45, 2.75) is 56.3 Å². The van der Waals surface area contributed by atoms with Gasteiger partial charge in [-0.15, -0.1) is 0 Å². The number of rotatable bonds is 5. The molecule has 1 aromatic carbocycles. The molecular formula is C22H25NO4S. The number of aromatic nitrogens is 1. The molecule has 5 nitrogen and oxygen atoms in total. The van der Waals surface area contributed by atoms with Gasteiger partial charge in [0.2, 0.25) is 0 Å². The van der Waals surface area contributed by atoms with E-state index in [0.29, 0.717) is 18.6 Å². The Balaban J connectivity index is 1.85. The number of ether oxygens (including phenoxy) is 2. The Bertz CT molecular complexity index is 877. The number of carbonyl (C=O) groups excluding carboxylic acids is 2. The third-order valence-electron chi connectivity index (χ3n) is 4.77. The Hall–Kier alpha value is -2.34. The van der Waals surface area contributed by atoms with Crippen LogP contribution in [0.4, 0.5) is 0 Å². The van der Waals surface area contributed by atoms with Crippen molar-refractivity contribution in [1.29, 1.82) is 0 Å². The van der Waals surface area contributed by atoms with Gasteiger partial charge in [-0.3, -0.25) is 9.78 Å². The third kappa shape index (κ3) is 4.38. The summed E-state index contributed by atoms with van der Waals surface area (Å²) in [5.74, 6) is -0.531. The zero-order chi connectivity index (χ0) is 20.3. The van der Waals surface area contributed by atoms with Crippen molar-refractivity contribution in [3.8, 4) is 11.3 Å². The van der Waals surface area contributed by atoms with Gasteiger partial charge in [0.05, 0.1) is 17.9 Å². The SMILES string of the molecule is CCOC(=O)c1ccc(-c2ccc3c(c2)C(C)(C)CC(OC(=O)CC)S3)nc1. The molecule has 1 aliphatic heterocycles. The second kappa shape index (κ2) is 8.35. The first-order valence-electron chi connectivity index (χ1n) is 9.48. The molecule has 2 heterocycles. The summed E-state index contributed by atoms with van der Waals surface area (Å²) in [5.41, 5.74) is 3.17. The monoisotopic (exact) mass is 399 g/mol. The third-order valence-corrected chi connectivity index (χ3v) is 5.90. The topological polar surface area (TPSA) is 65.5 Å². The summed E-state index contributed by atoms with van der Waals surface area (Å²) in [6.45, 7) is 8.26. The second-order valence-corrected chi connectivity index (χ2v) is 8.54. The number of hydrogen-bond acceptors (Lipinski definition) is 6. The lowest BCUT2D eigenvalue weighted by Crippen LogP contribution is -2.30. The highest BCUT2D eigenvalue weighted by Gasteiger charge is 2.35. The van der Waals surface area contributed by atoms with E-state index in [4.69, 9.17) is 9.47 Å². The first-order valence-corrected chi connectivity index (χ1v) is 10.4. The van der Waals surface area contributed by atoms with Crippen LogP contribution >= 0.6 is 11.8 Å². The van der Waals surface area contributed by atoms with Gasteiger partial charge in [-0.25, -0.2) is 4.79 Å². The molecule has 1 aromatic heterocycles. The van der Waals surface area contributed by atoms with Gasteiger partial charge in [-0.05, 0) is 42.2 Å². The molecule has 1 unspecified atom stereocenters. The maximum absolute atomic E-state index is 11.8. The fourth-order valence-electron chi connectivity index (χ4n) is 3.23. The summed E-state index contributed by atoms with van der Waals surface area (Å²) in [6, 6.07) is 9.79. The Kier molecular flexibility index (Phi) is 6.08.